The summed E-state index contributed by atoms with van der Waals surface area (Å²) in [5.74, 6) is -0.722. The summed E-state index contributed by atoms with van der Waals surface area (Å²) in [5, 5.41) is 3.45. The van der Waals surface area contributed by atoms with Gasteiger partial charge < -0.3 is 10.2 Å². The summed E-state index contributed by atoms with van der Waals surface area (Å²) >= 11 is 1.42. The number of anilines is 1. The number of nitrogens with zero attached hydrogens (tertiary/aromatic N) is 2. The molecule has 0 unspecified atom stereocenters. The van der Waals surface area contributed by atoms with Gasteiger partial charge in [-0.3, -0.25) is 9.59 Å². The van der Waals surface area contributed by atoms with Crippen LogP contribution >= 0.6 is 11.3 Å². The zero-order chi connectivity index (χ0) is 24.5. The molecule has 2 amide bonds. The quantitative estimate of drug-likeness (QED) is 0.496. The Morgan fingerprint density at radius 1 is 1.00 bits per heavy atom. The van der Waals surface area contributed by atoms with Gasteiger partial charge in [-0.2, -0.15) is 13.2 Å². The van der Waals surface area contributed by atoms with E-state index in [4.69, 9.17) is 0 Å². The van der Waals surface area contributed by atoms with Gasteiger partial charge in [-0.05, 0) is 51.0 Å². The molecule has 178 valence electrons. The number of rotatable bonds is 4. The highest BCUT2D eigenvalue weighted by atomic mass is 32.1. The van der Waals surface area contributed by atoms with Gasteiger partial charge in [0.15, 0.2) is 5.13 Å². The van der Waals surface area contributed by atoms with Crippen molar-refractivity contribution in [2.75, 3.05) is 18.4 Å². The van der Waals surface area contributed by atoms with Gasteiger partial charge in [0.1, 0.15) is 0 Å². The maximum atomic E-state index is 12.8. The molecule has 1 aliphatic heterocycles. The lowest BCUT2D eigenvalue weighted by atomic mass is 9.95. The smallest absolute Gasteiger partial charge is 0.339 e. The van der Waals surface area contributed by atoms with E-state index in [1.165, 1.54) is 23.5 Å². The largest absolute Gasteiger partial charge is 0.416 e. The third-order valence-electron chi connectivity index (χ3n) is 5.96. The second-order valence-corrected chi connectivity index (χ2v) is 9.62. The number of hydrogen-bond donors (Lipinski definition) is 1. The number of piperidine rings is 1. The minimum atomic E-state index is -4.44. The first kappa shape index (κ1) is 23.9. The number of amides is 2. The third kappa shape index (κ3) is 5.30. The monoisotopic (exact) mass is 487 g/mol. The number of aromatic nitrogens is 1. The fourth-order valence-corrected chi connectivity index (χ4v) is 4.80. The van der Waals surface area contributed by atoms with Crippen molar-refractivity contribution in [2.24, 2.45) is 5.92 Å². The fraction of sp³-hybridized carbons (Fsp3) is 0.320. The van der Waals surface area contributed by atoms with E-state index in [-0.39, 0.29) is 23.3 Å². The van der Waals surface area contributed by atoms with Crippen molar-refractivity contribution >= 4 is 28.3 Å². The maximum absolute atomic E-state index is 12.8. The second-order valence-electron chi connectivity index (χ2n) is 8.42. The Hall–Kier alpha value is -3.20. The highest BCUT2D eigenvalue weighted by molar-refractivity contribution is 7.16. The van der Waals surface area contributed by atoms with Gasteiger partial charge in [-0.1, -0.05) is 29.8 Å². The molecule has 4 rings (SSSR count). The van der Waals surface area contributed by atoms with Crippen LogP contribution < -0.4 is 5.32 Å². The van der Waals surface area contributed by atoms with Crippen LogP contribution in [0.15, 0.2) is 48.5 Å². The average molecular weight is 488 g/mol. The number of nitrogens with one attached hydrogen (secondary N) is 1. The molecule has 9 heteroatoms. The Morgan fingerprint density at radius 3 is 2.21 bits per heavy atom. The van der Waals surface area contributed by atoms with Crippen LogP contribution in [-0.4, -0.2) is 34.8 Å². The van der Waals surface area contributed by atoms with Crippen molar-refractivity contribution < 1.29 is 22.8 Å². The zero-order valence-electron chi connectivity index (χ0n) is 18.8. The topological polar surface area (TPSA) is 62.3 Å². The fourth-order valence-electron chi connectivity index (χ4n) is 3.97. The molecule has 0 atom stereocenters. The van der Waals surface area contributed by atoms with Gasteiger partial charge in [0.05, 0.1) is 11.3 Å². The molecule has 1 aliphatic rings. The van der Waals surface area contributed by atoms with Crippen molar-refractivity contribution in [3.05, 3.63) is 70.1 Å². The van der Waals surface area contributed by atoms with Gasteiger partial charge in [0.2, 0.25) is 5.91 Å². The number of alkyl halides is 3. The summed E-state index contributed by atoms with van der Waals surface area (Å²) in [6, 6.07) is 12.3. The summed E-state index contributed by atoms with van der Waals surface area (Å²) < 4.78 is 38.2. The Morgan fingerprint density at radius 2 is 1.62 bits per heavy atom. The number of aryl methyl sites for hydroxylation is 2. The van der Waals surface area contributed by atoms with E-state index in [0.29, 0.717) is 31.1 Å². The number of benzene rings is 2. The van der Waals surface area contributed by atoms with Gasteiger partial charge >= 0.3 is 6.18 Å². The van der Waals surface area contributed by atoms with Gasteiger partial charge in [0, 0.05) is 35.0 Å². The summed E-state index contributed by atoms with van der Waals surface area (Å²) in [4.78, 5) is 32.6. The molecule has 3 aromatic rings. The molecule has 0 radical (unpaired) electrons. The van der Waals surface area contributed by atoms with Gasteiger partial charge in [-0.15, -0.1) is 11.3 Å². The van der Waals surface area contributed by atoms with Crippen molar-refractivity contribution in [1.29, 1.82) is 0 Å². The van der Waals surface area contributed by atoms with Crippen LogP contribution in [0.1, 0.15) is 39.2 Å². The highest BCUT2D eigenvalue weighted by Gasteiger charge is 2.31. The minimum absolute atomic E-state index is 0.133. The van der Waals surface area contributed by atoms with E-state index in [2.05, 4.69) is 10.3 Å². The molecule has 1 aromatic heterocycles. The van der Waals surface area contributed by atoms with Crippen LogP contribution in [0.2, 0.25) is 0 Å². The van der Waals surface area contributed by atoms with E-state index in [9.17, 15) is 22.8 Å². The molecular weight excluding hydrogens is 463 g/mol. The van der Waals surface area contributed by atoms with Gasteiger partial charge in [0.25, 0.3) is 5.91 Å². The van der Waals surface area contributed by atoms with Crippen LogP contribution in [0.4, 0.5) is 18.3 Å². The predicted octanol–water partition coefficient (Wildman–Crippen LogP) is 5.94. The van der Waals surface area contributed by atoms with E-state index in [1.807, 2.05) is 38.1 Å². The minimum Gasteiger partial charge on any atom is -0.339 e. The molecule has 1 fully saturated rings. The van der Waals surface area contributed by atoms with Crippen LogP contribution in [0, 0.1) is 19.8 Å². The van der Waals surface area contributed by atoms with E-state index in [0.717, 1.165) is 33.8 Å². The molecule has 1 saturated heterocycles. The Labute approximate surface area is 199 Å². The lowest BCUT2D eigenvalue weighted by Gasteiger charge is -2.31. The van der Waals surface area contributed by atoms with E-state index in [1.54, 1.807) is 4.90 Å². The Bertz CT molecular complexity index is 1180. The lowest BCUT2D eigenvalue weighted by molar-refractivity contribution is -0.137. The van der Waals surface area contributed by atoms with E-state index >= 15 is 0 Å². The number of hydrogen-bond acceptors (Lipinski definition) is 4. The third-order valence-corrected chi connectivity index (χ3v) is 6.85. The summed E-state index contributed by atoms with van der Waals surface area (Å²) in [7, 11) is 0. The molecule has 1 N–H and O–H groups in total. The molecule has 0 saturated carbocycles. The SMILES string of the molecule is Cc1ccc(-c2nc(NC(=O)C3CCN(C(=O)c4ccc(C(F)(F)F)cc4)CC3)sc2C)cc1. The first-order chi connectivity index (χ1) is 16.1. The molecule has 2 heterocycles. The zero-order valence-corrected chi connectivity index (χ0v) is 19.6. The summed E-state index contributed by atoms with van der Waals surface area (Å²) in [6.45, 7) is 4.71. The van der Waals surface area contributed by atoms with Crippen molar-refractivity contribution in [2.45, 2.75) is 32.9 Å². The van der Waals surface area contributed by atoms with Crippen LogP contribution in [-0.2, 0) is 11.0 Å². The first-order valence-electron chi connectivity index (χ1n) is 10.9. The van der Waals surface area contributed by atoms with Crippen LogP contribution in [0.5, 0.6) is 0 Å². The van der Waals surface area contributed by atoms with Crippen molar-refractivity contribution in [3.63, 3.8) is 0 Å². The highest BCUT2D eigenvalue weighted by Crippen LogP contribution is 2.32. The maximum Gasteiger partial charge on any atom is 0.416 e. The number of carbonyl (C=O) groups excluding carboxylic acids is 2. The molecule has 0 spiro atoms. The van der Waals surface area contributed by atoms with Crippen LogP contribution in [0.25, 0.3) is 11.3 Å². The van der Waals surface area contributed by atoms with Gasteiger partial charge in [-0.25, -0.2) is 4.98 Å². The predicted molar refractivity (Wildman–Crippen MR) is 126 cm³/mol. The van der Waals surface area contributed by atoms with Crippen molar-refractivity contribution in [1.82, 2.24) is 9.88 Å². The molecule has 0 aliphatic carbocycles. The Kier molecular flexibility index (Phi) is 6.74. The molecule has 34 heavy (non-hydrogen) atoms. The average Bonchev–Trinajstić information content (AvgIpc) is 3.18. The summed E-state index contributed by atoms with van der Waals surface area (Å²) in [6.07, 6.45) is -3.48. The summed E-state index contributed by atoms with van der Waals surface area (Å²) in [5.41, 5.74) is 2.42. The number of halogens is 3. The van der Waals surface area contributed by atoms with E-state index < -0.39 is 11.7 Å². The normalized spacial score (nSPS) is 14.8. The molecular formula is C25H24F3N3O2S. The number of carbonyl (C=O) groups is 2. The number of likely N-dealkylation sites (tertiary alicyclic amines) is 1. The molecule has 2 aromatic carbocycles. The number of thiazole rings is 1. The molecule has 0 bridgehead atoms. The van der Waals surface area contributed by atoms with Crippen LogP contribution in [0.3, 0.4) is 0 Å². The van der Waals surface area contributed by atoms with Crippen molar-refractivity contribution in [3.8, 4) is 11.3 Å². The standard InChI is InChI=1S/C25H24F3N3O2S/c1-15-3-5-17(6-4-15)21-16(2)34-24(29-21)30-22(32)18-11-13-31(14-12-18)23(33)19-7-9-20(10-8-19)25(26,27)28/h3-10,18H,11-14H2,1-2H3,(H,29,30,32). The molecule has 5 nitrogen and oxygen atoms in total. The second kappa shape index (κ2) is 9.58. The Balaban J connectivity index is 1.34. The first-order valence-corrected chi connectivity index (χ1v) is 11.8. The lowest BCUT2D eigenvalue weighted by Crippen LogP contribution is -2.41.